The summed E-state index contributed by atoms with van der Waals surface area (Å²) in [6.07, 6.45) is 2.08. The summed E-state index contributed by atoms with van der Waals surface area (Å²) in [4.78, 5) is 16.7. The largest absolute Gasteiger partial charge is 0.273 e. The molecule has 0 radical (unpaired) electrons. The Morgan fingerprint density at radius 2 is 1.88 bits per heavy atom. The molecule has 0 bridgehead atoms. The SMILES string of the molecule is CCc1ccc2nc(NNC(=O)c3ccc(S(C)(=O)=O)cc3)sc2c1. The number of fused-ring (bicyclic) bond motifs is 1. The summed E-state index contributed by atoms with van der Waals surface area (Å²) in [6.45, 7) is 2.09. The number of hydrogen-bond acceptors (Lipinski definition) is 6. The van der Waals surface area contributed by atoms with Gasteiger partial charge < -0.3 is 0 Å². The number of aryl methyl sites for hydroxylation is 1. The van der Waals surface area contributed by atoms with Gasteiger partial charge in [-0.2, -0.15) is 0 Å². The molecular weight excluding hydrogens is 358 g/mol. The van der Waals surface area contributed by atoms with E-state index in [0.29, 0.717) is 10.7 Å². The molecular formula is C17H17N3O3S2. The monoisotopic (exact) mass is 375 g/mol. The number of amides is 1. The molecule has 8 heteroatoms. The molecule has 0 aliphatic rings. The molecule has 0 atom stereocenters. The fraction of sp³-hybridized carbons (Fsp3) is 0.176. The third-order valence-electron chi connectivity index (χ3n) is 3.69. The molecule has 2 N–H and O–H groups in total. The first-order chi connectivity index (χ1) is 11.9. The van der Waals surface area contributed by atoms with Gasteiger partial charge in [-0.15, -0.1) is 0 Å². The predicted molar refractivity (Wildman–Crippen MR) is 99.6 cm³/mol. The van der Waals surface area contributed by atoms with Crippen LogP contribution in [0.4, 0.5) is 5.13 Å². The minimum absolute atomic E-state index is 0.176. The molecule has 3 rings (SSSR count). The maximum Gasteiger partial charge on any atom is 0.269 e. The lowest BCUT2D eigenvalue weighted by atomic mass is 10.2. The van der Waals surface area contributed by atoms with Gasteiger partial charge in [-0.25, -0.2) is 13.4 Å². The molecule has 3 aromatic rings. The number of carbonyl (C=O) groups excluding carboxylic acids is 1. The third-order valence-corrected chi connectivity index (χ3v) is 5.75. The number of sulfone groups is 1. The Balaban J connectivity index is 1.69. The van der Waals surface area contributed by atoms with E-state index in [9.17, 15) is 13.2 Å². The molecule has 0 spiro atoms. The van der Waals surface area contributed by atoms with Crippen molar-refractivity contribution in [1.29, 1.82) is 0 Å². The summed E-state index contributed by atoms with van der Waals surface area (Å²) in [5.41, 5.74) is 7.84. The van der Waals surface area contributed by atoms with Crippen molar-refractivity contribution in [1.82, 2.24) is 10.4 Å². The molecule has 6 nitrogen and oxygen atoms in total. The summed E-state index contributed by atoms with van der Waals surface area (Å²) < 4.78 is 23.9. The summed E-state index contributed by atoms with van der Waals surface area (Å²) in [6, 6.07) is 11.8. The number of anilines is 1. The van der Waals surface area contributed by atoms with Gasteiger partial charge in [0.05, 0.1) is 15.1 Å². The molecule has 0 saturated heterocycles. The predicted octanol–water partition coefficient (Wildman–Crippen LogP) is 3.02. The number of hydrazine groups is 1. The number of aromatic nitrogens is 1. The van der Waals surface area contributed by atoms with Crippen LogP contribution in [-0.2, 0) is 16.3 Å². The van der Waals surface area contributed by atoms with E-state index in [1.54, 1.807) is 0 Å². The van der Waals surface area contributed by atoms with Gasteiger partial charge in [-0.3, -0.25) is 15.6 Å². The zero-order chi connectivity index (χ0) is 18.0. The van der Waals surface area contributed by atoms with Crippen molar-refractivity contribution in [3.8, 4) is 0 Å². The second kappa shape index (κ2) is 6.81. The lowest BCUT2D eigenvalue weighted by molar-refractivity contribution is 0.0962. The van der Waals surface area contributed by atoms with Crippen LogP contribution in [0.3, 0.4) is 0 Å². The number of benzene rings is 2. The van der Waals surface area contributed by atoms with Gasteiger partial charge in [0.1, 0.15) is 0 Å². The van der Waals surface area contributed by atoms with Crippen molar-refractivity contribution in [3.05, 3.63) is 53.6 Å². The van der Waals surface area contributed by atoms with Crippen LogP contribution in [0.2, 0.25) is 0 Å². The first kappa shape index (κ1) is 17.4. The van der Waals surface area contributed by atoms with Crippen LogP contribution < -0.4 is 10.9 Å². The Labute approximate surface area is 149 Å². The summed E-state index contributed by atoms with van der Waals surface area (Å²) in [5, 5.41) is 0.587. The van der Waals surface area contributed by atoms with Crippen LogP contribution in [0.5, 0.6) is 0 Å². The summed E-state index contributed by atoms with van der Waals surface area (Å²) >= 11 is 1.45. The first-order valence-electron chi connectivity index (χ1n) is 7.63. The fourth-order valence-electron chi connectivity index (χ4n) is 2.28. The van der Waals surface area contributed by atoms with E-state index in [0.717, 1.165) is 22.9 Å². The average Bonchev–Trinajstić information content (AvgIpc) is 3.00. The highest BCUT2D eigenvalue weighted by molar-refractivity contribution is 7.90. The zero-order valence-corrected chi connectivity index (χ0v) is 15.4. The minimum Gasteiger partial charge on any atom is -0.273 e. The van der Waals surface area contributed by atoms with Gasteiger partial charge in [0, 0.05) is 11.8 Å². The molecule has 0 saturated carbocycles. The Morgan fingerprint density at radius 1 is 1.16 bits per heavy atom. The van der Waals surface area contributed by atoms with Crippen LogP contribution >= 0.6 is 11.3 Å². The van der Waals surface area contributed by atoms with E-state index in [1.165, 1.54) is 41.2 Å². The van der Waals surface area contributed by atoms with Crippen LogP contribution in [0.25, 0.3) is 10.2 Å². The highest BCUT2D eigenvalue weighted by Gasteiger charge is 2.11. The van der Waals surface area contributed by atoms with E-state index in [2.05, 4.69) is 28.8 Å². The lowest BCUT2D eigenvalue weighted by Crippen LogP contribution is -2.29. The number of hydrogen-bond donors (Lipinski definition) is 2. The van der Waals surface area contributed by atoms with E-state index < -0.39 is 9.84 Å². The number of thiazole rings is 1. The molecule has 1 amide bonds. The standard InChI is InChI=1S/C17H17N3O3S2/c1-3-11-4-9-14-15(10-11)24-17(18-14)20-19-16(21)12-5-7-13(8-6-12)25(2,22)23/h4-10H,3H2,1-2H3,(H,18,20)(H,19,21). The van der Waals surface area contributed by atoms with Crippen molar-refractivity contribution < 1.29 is 13.2 Å². The molecule has 0 aliphatic heterocycles. The second-order valence-electron chi connectivity index (χ2n) is 5.55. The number of nitrogens with zero attached hydrogens (tertiary/aromatic N) is 1. The molecule has 1 aromatic heterocycles. The Hall–Kier alpha value is -2.45. The minimum atomic E-state index is -3.28. The summed E-state index contributed by atoms with van der Waals surface area (Å²) in [5.74, 6) is -0.367. The van der Waals surface area contributed by atoms with Crippen LogP contribution in [-0.4, -0.2) is 25.6 Å². The lowest BCUT2D eigenvalue weighted by Gasteiger charge is -2.06. The fourth-order valence-corrected chi connectivity index (χ4v) is 3.79. The smallest absolute Gasteiger partial charge is 0.269 e. The molecule has 130 valence electrons. The molecule has 25 heavy (non-hydrogen) atoms. The van der Waals surface area contributed by atoms with Gasteiger partial charge in [0.2, 0.25) is 5.13 Å². The van der Waals surface area contributed by atoms with Crippen LogP contribution in [0.15, 0.2) is 47.4 Å². The maximum absolute atomic E-state index is 12.1. The molecule has 0 aliphatic carbocycles. The topological polar surface area (TPSA) is 88.2 Å². The van der Waals surface area contributed by atoms with Gasteiger partial charge in [0.25, 0.3) is 5.91 Å². The number of carbonyl (C=O) groups is 1. The van der Waals surface area contributed by atoms with Gasteiger partial charge in [-0.05, 0) is 48.4 Å². The quantitative estimate of drug-likeness (QED) is 0.669. The number of nitrogens with one attached hydrogen (secondary N) is 2. The molecule has 1 heterocycles. The van der Waals surface area contributed by atoms with Gasteiger partial charge in [0.15, 0.2) is 9.84 Å². The van der Waals surface area contributed by atoms with E-state index in [-0.39, 0.29) is 10.8 Å². The molecule has 2 aromatic carbocycles. The van der Waals surface area contributed by atoms with Crippen LogP contribution in [0, 0.1) is 0 Å². The Bertz CT molecular complexity index is 1020. The highest BCUT2D eigenvalue weighted by Crippen LogP contribution is 2.26. The highest BCUT2D eigenvalue weighted by atomic mass is 32.2. The zero-order valence-electron chi connectivity index (χ0n) is 13.7. The first-order valence-corrected chi connectivity index (χ1v) is 10.3. The van der Waals surface area contributed by atoms with Gasteiger partial charge >= 0.3 is 0 Å². The molecule has 0 unspecified atom stereocenters. The second-order valence-corrected chi connectivity index (χ2v) is 8.60. The van der Waals surface area contributed by atoms with Crippen molar-refractivity contribution in [3.63, 3.8) is 0 Å². The Morgan fingerprint density at radius 3 is 2.52 bits per heavy atom. The van der Waals surface area contributed by atoms with Crippen molar-refractivity contribution in [2.45, 2.75) is 18.2 Å². The average molecular weight is 375 g/mol. The number of rotatable bonds is 5. The van der Waals surface area contributed by atoms with E-state index in [4.69, 9.17) is 0 Å². The van der Waals surface area contributed by atoms with Crippen molar-refractivity contribution in [2.24, 2.45) is 0 Å². The third kappa shape index (κ3) is 3.97. The normalized spacial score (nSPS) is 11.4. The van der Waals surface area contributed by atoms with Gasteiger partial charge in [-0.1, -0.05) is 24.3 Å². The van der Waals surface area contributed by atoms with Crippen molar-refractivity contribution >= 4 is 42.4 Å². The Kier molecular flexibility index (Phi) is 4.73. The van der Waals surface area contributed by atoms with E-state index >= 15 is 0 Å². The van der Waals surface area contributed by atoms with Crippen molar-refractivity contribution in [2.75, 3.05) is 11.7 Å². The van der Waals surface area contributed by atoms with E-state index in [1.807, 2.05) is 12.1 Å². The maximum atomic E-state index is 12.1. The summed E-state index contributed by atoms with van der Waals surface area (Å²) in [7, 11) is -3.28. The molecule has 0 fully saturated rings. The van der Waals surface area contributed by atoms with Crippen LogP contribution in [0.1, 0.15) is 22.8 Å².